The number of anilines is 3. The van der Waals surface area contributed by atoms with Gasteiger partial charge in [-0.3, -0.25) is 10.1 Å². The number of carboxylic acids is 2. The van der Waals surface area contributed by atoms with Crippen LogP contribution < -0.4 is 21.5 Å². The number of ether oxygens (including phenoxy) is 1. The molecule has 0 bridgehead atoms. The first-order valence-electron chi connectivity index (χ1n) is 21.9. The highest BCUT2D eigenvalue weighted by atomic mass is 19.4. The lowest BCUT2D eigenvalue weighted by Crippen LogP contribution is -2.39. The van der Waals surface area contributed by atoms with Crippen molar-refractivity contribution in [2.24, 2.45) is 0 Å². The van der Waals surface area contributed by atoms with Crippen molar-refractivity contribution in [3.63, 3.8) is 0 Å². The highest BCUT2D eigenvalue weighted by Gasteiger charge is 2.39. The number of rotatable bonds is 15. The van der Waals surface area contributed by atoms with E-state index in [0.29, 0.717) is 29.6 Å². The highest BCUT2D eigenvalue weighted by molar-refractivity contribution is 5.91. The summed E-state index contributed by atoms with van der Waals surface area (Å²) < 4.78 is 69.3. The molecule has 0 radical (unpaired) electrons. The predicted molar refractivity (Wildman–Crippen MR) is 251 cm³/mol. The van der Waals surface area contributed by atoms with Gasteiger partial charge in [-0.25, -0.2) is 14.4 Å². The number of aromatic nitrogens is 1. The van der Waals surface area contributed by atoms with Crippen LogP contribution in [0.25, 0.3) is 22.0 Å². The van der Waals surface area contributed by atoms with Gasteiger partial charge >= 0.3 is 30.4 Å². The molecule has 1 atom stereocenters. The number of alkyl halides is 6. The SMILES string of the molecule is O=C(Nc1ccccc1-c1ccccc1)OC1CCN(CCCc2ccc(Nc3ccc(CCNC[C@H](O)c4ccc(O)c5[nH]c(=O)ccc45)cc3)cc2)CC1.O=C(O)C(F)(F)F.O=C(O)C(F)(F)F. The Balaban J connectivity index is 0.000000570. The van der Waals surface area contributed by atoms with Crippen molar-refractivity contribution >= 4 is 46.0 Å². The number of benzene rings is 5. The van der Waals surface area contributed by atoms with Gasteiger partial charge in [-0.2, -0.15) is 26.3 Å². The summed E-state index contributed by atoms with van der Waals surface area (Å²) in [4.78, 5) is 47.4. The second-order valence-electron chi connectivity index (χ2n) is 16.0. The number of piperidine rings is 1. The third-order valence-corrected chi connectivity index (χ3v) is 10.9. The lowest BCUT2D eigenvalue weighted by Gasteiger charge is -2.31. The van der Waals surface area contributed by atoms with Gasteiger partial charge in [-0.15, -0.1) is 0 Å². The number of halogens is 6. The number of nitrogens with one attached hydrogen (secondary N) is 4. The van der Waals surface area contributed by atoms with Crippen molar-refractivity contribution < 1.29 is 65.9 Å². The molecule has 1 saturated heterocycles. The number of aliphatic hydroxyl groups excluding tert-OH is 1. The van der Waals surface area contributed by atoms with E-state index in [1.807, 2.05) is 54.6 Å². The summed E-state index contributed by atoms with van der Waals surface area (Å²) in [5, 5.41) is 45.5. The minimum absolute atomic E-state index is 0.0224. The molecule has 1 fully saturated rings. The summed E-state index contributed by atoms with van der Waals surface area (Å²) in [5.41, 5.74) is 7.99. The molecule has 5 aromatic carbocycles. The Labute approximate surface area is 397 Å². The summed E-state index contributed by atoms with van der Waals surface area (Å²) in [5.74, 6) is -5.54. The molecule has 7 rings (SSSR count). The molecule has 2 heterocycles. The number of amides is 1. The van der Waals surface area contributed by atoms with Gasteiger partial charge in [0.05, 0.1) is 17.3 Å². The molecule has 70 heavy (non-hydrogen) atoms. The van der Waals surface area contributed by atoms with Crippen molar-refractivity contribution in [3.05, 3.63) is 154 Å². The summed E-state index contributed by atoms with van der Waals surface area (Å²) in [6.07, 6.45) is -6.88. The van der Waals surface area contributed by atoms with Gasteiger partial charge in [0.15, 0.2) is 0 Å². The average Bonchev–Trinajstić information content (AvgIpc) is 3.32. The minimum Gasteiger partial charge on any atom is -0.506 e. The number of hydrogen-bond donors (Lipinski definition) is 8. The van der Waals surface area contributed by atoms with E-state index < -0.39 is 36.5 Å². The number of H-pyrrole nitrogens is 1. The molecule has 1 amide bonds. The number of phenols is 1. The molecule has 20 heteroatoms. The van der Waals surface area contributed by atoms with Gasteiger partial charge in [-0.05, 0) is 110 Å². The summed E-state index contributed by atoms with van der Waals surface area (Å²) >= 11 is 0. The van der Waals surface area contributed by atoms with Crippen molar-refractivity contribution in [2.45, 2.75) is 56.7 Å². The molecule has 14 nitrogen and oxygen atoms in total. The Kier molecular flexibility index (Phi) is 19.3. The maximum Gasteiger partial charge on any atom is 0.490 e. The van der Waals surface area contributed by atoms with Crippen molar-refractivity contribution in [3.8, 4) is 16.9 Å². The molecule has 6 aromatic rings. The number of likely N-dealkylation sites (tertiary alicyclic amines) is 1. The molecule has 372 valence electrons. The highest BCUT2D eigenvalue weighted by Crippen LogP contribution is 2.30. The van der Waals surface area contributed by atoms with Gasteiger partial charge in [0, 0.05) is 48.0 Å². The molecule has 0 aliphatic carbocycles. The maximum absolute atomic E-state index is 12.8. The van der Waals surface area contributed by atoms with E-state index in [4.69, 9.17) is 24.5 Å². The number of aromatic hydroxyl groups is 1. The number of carbonyl (C=O) groups excluding carboxylic acids is 1. The van der Waals surface area contributed by atoms with E-state index in [0.717, 1.165) is 79.9 Å². The van der Waals surface area contributed by atoms with E-state index >= 15 is 0 Å². The zero-order valence-corrected chi connectivity index (χ0v) is 37.4. The molecule has 0 spiro atoms. The van der Waals surface area contributed by atoms with Crippen LogP contribution in [0.5, 0.6) is 5.75 Å². The topological polar surface area (TPSA) is 214 Å². The fourth-order valence-corrected chi connectivity index (χ4v) is 7.32. The van der Waals surface area contributed by atoms with Crippen LogP contribution >= 0.6 is 0 Å². The lowest BCUT2D eigenvalue weighted by atomic mass is 10.0. The fraction of sp³-hybridized carbons (Fsp3) is 0.280. The van der Waals surface area contributed by atoms with Crippen LogP contribution in [0.3, 0.4) is 0 Å². The summed E-state index contributed by atoms with van der Waals surface area (Å²) in [6, 6.07) is 41.0. The number of pyridine rings is 1. The molecule has 0 unspecified atom stereocenters. The van der Waals surface area contributed by atoms with E-state index in [-0.39, 0.29) is 17.4 Å². The fourth-order valence-electron chi connectivity index (χ4n) is 7.32. The normalized spacial score (nSPS) is 13.5. The van der Waals surface area contributed by atoms with Gasteiger partial charge in [0.1, 0.15) is 11.9 Å². The Morgan fingerprint density at radius 2 is 1.29 bits per heavy atom. The number of para-hydroxylation sites is 1. The van der Waals surface area contributed by atoms with Crippen LogP contribution in [-0.4, -0.2) is 99.5 Å². The largest absolute Gasteiger partial charge is 0.506 e. The van der Waals surface area contributed by atoms with Gasteiger partial charge in [-0.1, -0.05) is 78.9 Å². The van der Waals surface area contributed by atoms with Gasteiger partial charge in [0.25, 0.3) is 0 Å². The third-order valence-electron chi connectivity index (χ3n) is 10.9. The minimum atomic E-state index is -5.08. The smallest absolute Gasteiger partial charge is 0.490 e. The number of aliphatic hydroxyl groups is 1. The summed E-state index contributed by atoms with van der Waals surface area (Å²) in [7, 11) is 0. The Hall–Kier alpha value is -7.42. The number of aromatic amines is 1. The Morgan fingerprint density at radius 1 is 0.729 bits per heavy atom. The van der Waals surface area contributed by atoms with E-state index in [2.05, 4.69) is 74.4 Å². The monoisotopic (exact) mass is 979 g/mol. The third kappa shape index (κ3) is 17.0. The van der Waals surface area contributed by atoms with Crippen molar-refractivity contribution in [2.75, 3.05) is 43.4 Å². The maximum atomic E-state index is 12.8. The number of aliphatic carboxylic acids is 2. The predicted octanol–water partition coefficient (Wildman–Crippen LogP) is 9.42. The number of hydrogen-bond acceptors (Lipinski definition) is 10. The first kappa shape index (κ1) is 53.5. The van der Waals surface area contributed by atoms with Gasteiger partial charge in [0.2, 0.25) is 5.56 Å². The number of carbonyl (C=O) groups is 3. The zero-order chi connectivity index (χ0) is 50.8. The standard InChI is InChI=1S/C46H49N5O5.2C2HF3O2/c52-42-22-20-39(40-21-23-44(54)50-45(40)42)43(53)31-47-27-24-33-14-18-36(19-15-33)48-35-16-12-32(13-17-35)7-6-28-51-29-25-37(26-30-51)56-46(55)49-41-11-5-4-10-38(41)34-8-2-1-3-9-34;2*3-2(4,5)1(6)7/h1-5,8-23,37,43,47-48,52-53H,6-7,24-31H2,(H,49,55)(H,50,54);2*(H,6,7)/t43-;;/m0../s1. The lowest BCUT2D eigenvalue weighted by molar-refractivity contribution is -0.193. The van der Waals surface area contributed by atoms with Crippen molar-refractivity contribution in [1.29, 1.82) is 0 Å². The quantitative estimate of drug-likeness (QED) is 0.0357. The molecular formula is C50H51F6N5O9. The molecular weight excluding hydrogens is 929 g/mol. The summed E-state index contributed by atoms with van der Waals surface area (Å²) in [6.45, 7) is 3.89. The van der Waals surface area contributed by atoms with E-state index in [1.54, 1.807) is 12.1 Å². The number of aryl methyl sites for hydroxylation is 1. The van der Waals surface area contributed by atoms with Crippen LogP contribution in [-0.2, 0) is 27.2 Å². The molecule has 0 saturated carbocycles. The zero-order valence-electron chi connectivity index (χ0n) is 37.4. The van der Waals surface area contributed by atoms with Crippen LogP contribution in [0.1, 0.15) is 42.1 Å². The second-order valence-corrected chi connectivity index (χ2v) is 16.0. The van der Waals surface area contributed by atoms with E-state index in [1.165, 1.54) is 23.3 Å². The first-order valence-corrected chi connectivity index (χ1v) is 21.9. The number of carboxylic acid groups (broad SMARTS) is 2. The van der Waals surface area contributed by atoms with Crippen LogP contribution in [0.2, 0.25) is 0 Å². The molecule has 1 aromatic heterocycles. The first-order chi connectivity index (χ1) is 33.3. The van der Waals surface area contributed by atoms with Gasteiger partial charge < -0.3 is 45.7 Å². The van der Waals surface area contributed by atoms with Crippen LogP contribution in [0.15, 0.2) is 132 Å². The Bertz CT molecular complexity index is 2670. The number of phenolic OH excluding ortho intramolecular Hbond substituents is 1. The van der Waals surface area contributed by atoms with Crippen LogP contribution in [0, 0.1) is 0 Å². The van der Waals surface area contributed by atoms with Crippen molar-refractivity contribution in [1.82, 2.24) is 15.2 Å². The molecule has 1 aliphatic heterocycles. The van der Waals surface area contributed by atoms with Crippen LogP contribution in [0.4, 0.5) is 48.2 Å². The number of fused-ring (bicyclic) bond motifs is 1. The Morgan fingerprint density at radius 3 is 1.87 bits per heavy atom. The van der Waals surface area contributed by atoms with E-state index in [9.17, 15) is 46.1 Å². The number of nitrogens with zero attached hydrogens (tertiary/aromatic N) is 1. The second kappa shape index (κ2) is 25.3. The molecule has 8 N–H and O–H groups in total. The molecule has 1 aliphatic rings. The average molecular weight is 980 g/mol.